The standard InChI is InChI=1S/C15H19N3S/c1-3-12(4-1)18-14(11-6-9-19-10-7-11)17-13-5-2-8-16-15(13)18/h2,5,8,11-12H,1,3-4,6-7,9-10H2. The van der Waals surface area contributed by atoms with Crippen LogP contribution in [0.25, 0.3) is 11.2 Å². The van der Waals surface area contributed by atoms with E-state index >= 15 is 0 Å². The Morgan fingerprint density at radius 1 is 1.16 bits per heavy atom. The number of pyridine rings is 1. The molecule has 0 atom stereocenters. The average molecular weight is 273 g/mol. The maximum Gasteiger partial charge on any atom is 0.160 e. The molecule has 1 saturated heterocycles. The molecule has 1 aliphatic carbocycles. The van der Waals surface area contributed by atoms with Crippen molar-refractivity contribution in [2.24, 2.45) is 0 Å². The zero-order valence-corrected chi connectivity index (χ0v) is 11.9. The van der Waals surface area contributed by atoms with E-state index < -0.39 is 0 Å². The lowest BCUT2D eigenvalue weighted by Gasteiger charge is -2.31. The van der Waals surface area contributed by atoms with Crippen LogP contribution < -0.4 is 0 Å². The van der Waals surface area contributed by atoms with Gasteiger partial charge in [0.1, 0.15) is 11.3 Å². The number of fused-ring (bicyclic) bond motifs is 1. The first-order chi connectivity index (χ1) is 9.43. The minimum atomic E-state index is 0.649. The van der Waals surface area contributed by atoms with Crippen LogP contribution in [0.1, 0.15) is 49.9 Å². The van der Waals surface area contributed by atoms with Crippen molar-refractivity contribution in [1.29, 1.82) is 0 Å². The molecule has 2 aliphatic rings. The highest BCUT2D eigenvalue weighted by Gasteiger charge is 2.29. The summed E-state index contributed by atoms with van der Waals surface area (Å²) in [6, 6.07) is 4.77. The van der Waals surface area contributed by atoms with E-state index in [2.05, 4.69) is 27.4 Å². The monoisotopic (exact) mass is 273 g/mol. The molecule has 0 spiro atoms. The van der Waals surface area contributed by atoms with Gasteiger partial charge in [-0.2, -0.15) is 11.8 Å². The van der Waals surface area contributed by atoms with Gasteiger partial charge in [-0.3, -0.25) is 0 Å². The molecule has 19 heavy (non-hydrogen) atoms. The highest BCUT2D eigenvalue weighted by atomic mass is 32.2. The molecule has 4 rings (SSSR count). The number of aromatic nitrogens is 3. The summed E-state index contributed by atoms with van der Waals surface area (Å²) in [4.78, 5) is 9.53. The summed E-state index contributed by atoms with van der Waals surface area (Å²) in [6.45, 7) is 0. The van der Waals surface area contributed by atoms with Crippen LogP contribution in [0.3, 0.4) is 0 Å². The SMILES string of the molecule is c1cnc2c(c1)nc(C1CCSCC1)n2C1CCC1. The molecule has 0 bridgehead atoms. The normalized spacial score (nSPS) is 21.7. The third-order valence-corrected chi connectivity index (χ3v) is 5.55. The first-order valence-electron chi connectivity index (χ1n) is 7.34. The first kappa shape index (κ1) is 11.8. The number of hydrogen-bond donors (Lipinski definition) is 0. The van der Waals surface area contributed by atoms with E-state index in [9.17, 15) is 0 Å². The average Bonchev–Trinajstić information content (AvgIpc) is 2.78. The van der Waals surface area contributed by atoms with Gasteiger partial charge in [-0.15, -0.1) is 0 Å². The smallest absolute Gasteiger partial charge is 0.160 e. The Labute approximate surface area is 117 Å². The molecule has 0 radical (unpaired) electrons. The maximum atomic E-state index is 4.93. The molecule has 0 aromatic carbocycles. The molecule has 0 unspecified atom stereocenters. The Bertz CT molecular complexity index is 582. The summed E-state index contributed by atoms with van der Waals surface area (Å²) in [7, 11) is 0. The largest absolute Gasteiger partial charge is 0.309 e. The maximum absolute atomic E-state index is 4.93. The van der Waals surface area contributed by atoms with Gasteiger partial charge in [0.2, 0.25) is 0 Å². The second-order valence-electron chi connectivity index (χ2n) is 5.66. The van der Waals surface area contributed by atoms with Gasteiger partial charge in [0.15, 0.2) is 5.65 Å². The summed E-state index contributed by atoms with van der Waals surface area (Å²) in [5.74, 6) is 4.53. The molecule has 1 aliphatic heterocycles. The third-order valence-electron chi connectivity index (χ3n) is 4.50. The Hall–Kier alpha value is -1.03. The van der Waals surface area contributed by atoms with Crippen molar-refractivity contribution in [3.05, 3.63) is 24.2 Å². The fourth-order valence-corrected chi connectivity index (χ4v) is 4.30. The third kappa shape index (κ3) is 1.97. The van der Waals surface area contributed by atoms with Crippen molar-refractivity contribution in [1.82, 2.24) is 14.5 Å². The second kappa shape index (κ2) is 4.82. The molecular weight excluding hydrogens is 254 g/mol. The van der Waals surface area contributed by atoms with Crippen molar-refractivity contribution >= 4 is 22.9 Å². The molecule has 2 aromatic rings. The van der Waals surface area contributed by atoms with Gasteiger partial charge in [-0.05, 0) is 55.7 Å². The van der Waals surface area contributed by atoms with Crippen molar-refractivity contribution < 1.29 is 0 Å². The lowest BCUT2D eigenvalue weighted by Crippen LogP contribution is -2.22. The van der Waals surface area contributed by atoms with Crippen LogP contribution in [0, 0.1) is 0 Å². The number of hydrogen-bond acceptors (Lipinski definition) is 3. The number of thioether (sulfide) groups is 1. The van der Waals surface area contributed by atoms with E-state index in [1.807, 2.05) is 12.3 Å². The van der Waals surface area contributed by atoms with Gasteiger partial charge in [0.25, 0.3) is 0 Å². The molecule has 4 heteroatoms. The van der Waals surface area contributed by atoms with Crippen molar-refractivity contribution in [3.8, 4) is 0 Å². The Morgan fingerprint density at radius 2 is 2.00 bits per heavy atom. The summed E-state index contributed by atoms with van der Waals surface area (Å²) >= 11 is 2.08. The molecule has 3 heterocycles. The molecule has 2 fully saturated rings. The quantitative estimate of drug-likeness (QED) is 0.834. The summed E-state index contributed by atoms with van der Waals surface area (Å²) < 4.78 is 2.47. The van der Waals surface area contributed by atoms with E-state index in [1.54, 1.807) is 0 Å². The number of rotatable bonds is 2. The predicted octanol–water partition coefficient (Wildman–Crippen LogP) is 3.77. The highest BCUT2D eigenvalue weighted by molar-refractivity contribution is 7.99. The number of nitrogens with zero attached hydrogens (tertiary/aromatic N) is 3. The fourth-order valence-electron chi connectivity index (χ4n) is 3.20. The van der Waals surface area contributed by atoms with Crippen LogP contribution >= 0.6 is 11.8 Å². The lowest BCUT2D eigenvalue weighted by atomic mass is 9.91. The molecule has 0 N–H and O–H groups in total. The second-order valence-corrected chi connectivity index (χ2v) is 6.88. The van der Waals surface area contributed by atoms with Crippen molar-refractivity contribution in [2.45, 2.75) is 44.1 Å². The van der Waals surface area contributed by atoms with E-state index in [0.29, 0.717) is 12.0 Å². The first-order valence-corrected chi connectivity index (χ1v) is 8.49. The van der Waals surface area contributed by atoms with Crippen molar-refractivity contribution in [2.75, 3.05) is 11.5 Å². The van der Waals surface area contributed by atoms with E-state index in [1.165, 1.54) is 49.4 Å². The Balaban J connectivity index is 1.83. The summed E-state index contributed by atoms with van der Waals surface area (Å²) in [5.41, 5.74) is 2.20. The Morgan fingerprint density at radius 3 is 2.74 bits per heavy atom. The van der Waals surface area contributed by atoms with Gasteiger partial charge >= 0.3 is 0 Å². The molecule has 2 aromatic heterocycles. The van der Waals surface area contributed by atoms with Gasteiger partial charge in [-0.25, -0.2) is 9.97 Å². The molecular formula is C15H19N3S. The zero-order valence-electron chi connectivity index (χ0n) is 11.1. The van der Waals surface area contributed by atoms with Gasteiger partial charge in [0.05, 0.1) is 0 Å². The molecule has 0 amide bonds. The summed E-state index contributed by atoms with van der Waals surface area (Å²) in [6.07, 6.45) is 8.42. The predicted molar refractivity (Wildman–Crippen MR) is 79.7 cm³/mol. The van der Waals surface area contributed by atoms with Crippen LogP contribution in [-0.2, 0) is 0 Å². The van der Waals surface area contributed by atoms with E-state index in [4.69, 9.17) is 4.98 Å². The van der Waals surface area contributed by atoms with Crippen molar-refractivity contribution in [3.63, 3.8) is 0 Å². The minimum absolute atomic E-state index is 0.649. The summed E-state index contributed by atoms with van der Waals surface area (Å²) in [5, 5.41) is 0. The fraction of sp³-hybridized carbons (Fsp3) is 0.600. The van der Waals surface area contributed by atoms with Crippen LogP contribution in [0.4, 0.5) is 0 Å². The van der Waals surface area contributed by atoms with Gasteiger partial charge < -0.3 is 4.57 Å². The topological polar surface area (TPSA) is 30.7 Å². The van der Waals surface area contributed by atoms with E-state index in [0.717, 1.165) is 11.2 Å². The number of imidazole rings is 1. The minimum Gasteiger partial charge on any atom is -0.309 e. The lowest BCUT2D eigenvalue weighted by molar-refractivity contribution is 0.305. The van der Waals surface area contributed by atoms with Crippen LogP contribution in [-0.4, -0.2) is 26.0 Å². The zero-order chi connectivity index (χ0) is 12.7. The molecule has 3 nitrogen and oxygen atoms in total. The molecule has 1 saturated carbocycles. The van der Waals surface area contributed by atoms with Gasteiger partial charge in [0, 0.05) is 18.2 Å². The highest BCUT2D eigenvalue weighted by Crippen LogP contribution is 2.39. The van der Waals surface area contributed by atoms with Gasteiger partial charge in [-0.1, -0.05) is 0 Å². The van der Waals surface area contributed by atoms with Crippen LogP contribution in [0.15, 0.2) is 18.3 Å². The van der Waals surface area contributed by atoms with Crippen LogP contribution in [0.5, 0.6) is 0 Å². The molecule has 100 valence electrons. The Kier molecular flexibility index (Phi) is 2.98. The van der Waals surface area contributed by atoms with E-state index in [-0.39, 0.29) is 0 Å². The van der Waals surface area contributed by atoms with Crippen LogP contribution in [0.2, 0.25) is 0 Å².